The summed E-state index contributed by atoms with van der Waals surface area (Å²) in [6, 6.07) is -1.32. The third-order valence-corrected chi connectivity index (χ3v) is 4.22. The highest BCUT2D eigenvalue weighted by Gasteiger charge is 2.32. The second-order valence-corrected chi connectivity index (χ2v) is 6.33. The number of ether oxygens (including phenoxy) is 1. The van der Waals surface area contributed by atoms with Gasteiger partial charge < -0.3 is 37.7 Å². The van der Waals surface area contributed by atoms with Crippen molar-refractivity contribution >= 4 is 23.4 Å². The van der Waals surface area contributed by atoms with E-state index in [-0.39, 0.29) is 18.2 Å². The van der Waals surface area contributed by atoms with E-state index >= 15 is 0 Å². The summed E-state index contributed by atoms with van der Waals surface area (Å²) in [5, 5.41) is 16.3. The van der Waals surface area contributed by atoms with Crippen LogP contribution in [0.2, 0.25) is 0 Å². The smallest absolute Gasteiger partial charge is 0.323 e. The van der Waals surface area contributed by atoms with Gasteiger partial charge in [0.05, 0.1) is 6.04 Å². The molecule has 0 fully saturated rings. The molecule has 2 heterocycles. The fourth-order valence-electron chi connectivity index (χ4n) is 2.70. The topological polar surface area (TPSA) is 194 Å². The first-order chi connectivity index (χ1) is 12.3. The van der Waals surface area contributed by atoms with E-state index in [9.17, 15) is 14.7 Å². The van der Waals surface area contributed by atoms with E-state index in [0.717, 1.165) is 12.8 Å². The van der Waals surface area contributed by atoms with Crippen LogP contribution in [0.1, 0.15) is 26.2 Å². The second-order valence-electron chi connectivity index (χ2n) is 6.33. The highest BCUT2D eigenvalue weighted by Crippen LogP contribution is 2.22. The number of nitrogens with two attached hydrogens (primary N) is 3. The molecule has 1 aliphatic heterocycles. The summed E-state index contributed by atoms with van der Waals surface area (Å²) in [6.07, 6.45) is 0.104. The number of rotatable bonds is 8. The van der Waals surface area contributed by atoms with Gasteiger partial charge in [0.25, 0.3) is 5.56 Å². The Kier molecular flexibility index (Phi) is 6.77. The molecule has 0 saturated heterocycles. The summed E-state index contributed by atoms with van der Waals surface area (Å²) in [4.78, 5) is 30.3. The zero-order valence-electron chi connectivity index (χ0n) is 14.7. The number of H-pyrrole nitrogens is 1. The summed E-state index contributed by atoms with van der Waals surface area (Å²) in [6.45, 7) is 2.38. The number of carbonyl (C=O) groups excluding carboxylic acids is 1. The first kappa shape index (κ1) is 19.9. The second kappa shape index (κ2) is 8.83. The lowest BCUT2D eigenvalue weighted by atomic mass is 10.0. The summed E-state index contributed by atoms with van der Waals surface area (Å²) < 4.78 is 5.26. The molecular weight excluding hydrogens is 342 g/mol. The number of esters is 1. The van der Waals surface area contributed by atoms with Crippen molar-refractivity contribution in [3.63, 3.8) is 0 Å². The summed E-state index contributed by atoms with van der Waals surface area (Å²) in [5.74, 6) is -0.278. The van der Waals surface area contributed by atoms with Crippen LogP contribution in [0.3, 0.4) is 0 Å². The van der Waals surface area contributed by atoms with Gasteiger partial charge in [-0.3, -0.25) is 14.6 Å². The molecule has 0 amide bonds. The Morgan fingerprint density at radius 1 is 1.46 bits per heavy atom. The highest BCUT2D eigenvalue weighted by atomic mass is 16.6. The minimum atomic E-state index is -1.06. The molecular formula is C15H27N7O4. The Hall–Kier alpha value is -2.37. The van der Waals surface area contributed by atoms with Gasteiger partial charge in [0.1, 0.15) is 23.9 Å². The number of fused-ring (bicyclic) bond motifs is 1. The monoisotopic (exact) mass is 369 g/mol. The van der Waals surface area contributed by atoms with Crippen LogP contribution >= 0.6 is 0 Å². The van der Waals surface area contributed by atoms with Crippen molar-refractivity contribution in [2.24, 2.45) is 11.5 Å². The van der Waals surface area contributed by atoms with Crippen LogP contribution in [0.25, 0.3) is 0 Å². The quantitative estimate of drug-likeness (QED) is 0.205. The fourth-order valence-corrected chi connectivity index (χ4v) is 2.70. The molecule has 0 saturated carbocycles. The summed E-state index contributed by atoms with van der Waals surface area (Å²) >= 11 is 0. The van der Waals surface area contributed by atoms with Gasteiger partial charge in [-0.1, -0.05) is 6.42 Å². The third-order valence-electron chi connectivity index (χ3n) is 4.22. The molecule has 1 aromatic heterocycles. The maximum atomic E-state index is 12.0. The molecule has 2 rings (SSSR count). The van der Waals surface area contributed by atoms with Gasteiger partial charge in [-0.2, -0.15) is 4.98 Å². The van der Waals surface area contributed by atoms with Crippen LogP contribution in [0.15, 0.2) is 4.79 Å². The van der Waals surface area contributed by atoms with Gasteiger partial charge in [0, 0.05) is 6.54 Å². The number of nitrogens with zero attached hydrogens (tertiary/aromatic N) is 1. The lowest BCUT2D eigenvalue weighted by molar-refractivity contribution is -0.155. The Morgan fingerprint density at radius 2 is 2.19 bits per heavy atom. The van der Waals surface area contributed by atoms with Crippen LogP contribution in [0.4, 0.5) is 17.5 Å². The number of nitrogen functional groups attached to an aromatic ring is 1. The molecule has 0 aromatic carbocycles. The predicted molar refractivity (Wildman–Crippen MR) is 97.6 cm³/mol. The molecule has 26 heavy (non-hydrogen) atoms. The van der Waals surface area contributed by atoms with E-state index in [0.29, 0.717) is 18.8 Å². The van der Waals surface area contributed by atoms with E-state index in [1.807, 2.05) is 0 Å². The van der Waals surface area contributed by atoms with Crippen molar-refractivity contribution in [3.8, 4) is 0 Å². The molecule has 0 bridgehead atoms. The van der Waals surface area contributed by atoms with Gasteiger partial charge in [-0.15, -0.1) is 0 Å². The minimum Gasteiger partial charge on any atom is -0.459 e. The zero-order chi connectivity index (χ0) is 19.3. The van der Waals surface area contributed by atoms with Gasteiger partial charge in [-0.25, -0.2) is 0 Å². The van der Waals surface area contributed by atoms with Crippen molar-refractivity contribution < 1.29 is 14.6 Å². The van der Waals surface area contributed by atoms with Crippen LogP contribution in [0, 0.1) is 0 Å². The fraction of sp³-hybridized carbons (Fsp3) is 0.667. The van der Waals surface area contributed by atoms with Crippen molar-refractivity contribution in [1.82, 2.24) is 9.97 Å². The number of anilines is 3. The Balaban J connectivity index is 1.93. The van der Waals surface area contributed by atoms with Crippen LogP contribution in [0.5, 0.6) is 0 Å². The van der Waals surface area contributed by atoms with E-state index in [2.05, 4.69) is 20.6 Å². The normalized spacial score (nSPS) is 19.5. The number of aliphatic hydroxyl groups is 1. The van der Waals surface area contributed by atoms with Crippen molar-refractivity contribution in [1.29, 1.82) is 0 Å². The molecule has 10 N–H and O–H groups in total. The number of unbranched alkanes of at least 4 members (excludes halogenated alkanes) is 1. The SMILES string of the molecule is C[C@H](OC(=O)[C@@H](N)CCCCN)[C@H](O)[C@H]1CNc2nc(N)[nH]c(=O)c2N1. The molecule has 4 atom stereocenters. The van der Waals surface area contributed by atoms with Crippen LogP contribution in [-0.2, 0) is 9.53 Å². The van der Waals surface area contributed by atoms with E-state index in [1.165, 1.54) is 0 Å². The Labute approximate surface area is 150 Å². The maximum Gasteiger partial charge on any atom is 0.323 e. The lowest BCUT2D eigenvalue weighted by Gasteiger charge is -2.33. The molecule has 1 aliphatic rings. The average molecular weight is 369 g/mol. The molecule has 0 aliphatic carbocycles. The zero-order valence-corrected chi connectivity index (χ0v) is 14.7. The van der Waals surface area contributed by atoms with Crippen molar-refractivity contribution in [2.75, 3.05) is 29.5 Å². The maximum absolute atomic E-state index is 12.0. The standard InChI is InChI=1S/C15H27N7O4/c1-7(26-14(25)8(17)4-2-3-5-16)11(23)9-6-19-12-10(20-9)13(24)22-15(18)21-12/h7-9,11,20,23H,2-6,16-17H2,1H3,(H4,18,19,21,22,24)/t7-,8-,9+,11-/m0/s1. The Morgan fingerprint density at radius 3 is 2.88 bits per heavy atom. The number of hydrogen-bond donors (Lipinski definition) is 7. The number of aromatic amines is 1. The van der Waals surface area contributed by atoms with Crippen LogP contribution < -0.4 is 33.4 Å². The first-order valence-electron chi connectivity index (χ1n) is 8.58. The largest absolute Gasteiger partial charge is 0.459 e. The lowest BCUT2D eigenvalue weighted by Crippen LogP contribution is -2.50. The molecule has 146 valence electrons. The molecule has 0 spiro atoms. The number of hydrogen-bond acceptors (Lipinski definition) is 10. The van der Waals surface area contributed by atoms with E-state index < -0.39 is 35.8 Å². The minimum absolute atomic E-state index is 0.00651. The summed E-state index contributed by atoms with van der Waals surface area (Å²) in [7, 11) is 0. The number of aromatic nitrogens is 2. The van der Waals surface area contributed by atoms with E-state index in [4.69, 9.17) is 21.9 Å². The average Bonchev–Trinajstić information content (AvgIpc) is 2.60. The Bertz CT molecular complexity index is 680. The molecule has 11 heteroatoms. The van der Waals surface area contributed by atoms with Gasteiger partial charge in [0.2, 0.25) is 5.95 Å². The van der Waals surface area contributed by atoms with Gasteiger partial charge in [-0.05, 0) is 26.3 Å². The van der Waals surface area contributed by atoms with Crippen molar-refractivity contribution in [2.45, 2.75) is 50.5 Å². The third kappa shape index (κ3) is 4.84. The number of aliphatic hydroxyl groups excluding tert-OH is 1. The summed E-state index contributed by atoms with van der Waals surface area (Å²) in [5.41, 5.74) is 16.4. The predicted octanol–water partition coefficient (Wildman–Crippen LogP) is -1.69. The molecule has 0 radical (unpaired) electrons. The molecule has 0 unspecified atom stereocenters. The van der Waals surface area contributed by atoms with E-state index in [1.54, 1.807) is 6.92 Å². The number of nitrogens with one attached hydrogen (secondary N) is 3. The molecule has 11 nitrogen and oxygen atoms in total. The number of carbonyl (C=O) groups is 1. The molecule has 1 aromatic rings. The van der Waals surface area contributed by atoms with Crippen LogP contribution in [-0.4, -0.2) is 58.4 Å². The van der Waals surface area contributed by atoms with Gasteiger partial charge in [0.15, 0.2) is 5.82 Å². The van der Waals surface area contributed by atoms with Gasteiger partial charge >= 0.3 is 5.97 Å². The first-order valence-corrected chi connectivity index (χ1v) is 8.58. The van der Waals surface area contributed by atoms with Crippen molar-refractivity contribution in [3.05, 3.63) is 10.4 Å². The highest BCUT2D eigenvalue weighted by molar-refractivity contribution is 5.75.